The zero-order valence-corrected chi connectivity index (χ0v) is 18.2. The topological polar surface area (TPSA) is 76.1 Å². The predicted octanol–water partition coefficient (Wildman–Crippen LogP) is 6.12. The van der Waals surface area contributed by atoms with E-state index in [9.17, 15) is 18.0 Å². The van der Waals surface area contributed by atoms with Crippen LogP contribution < -0.4 is 18.9 Å². The van der Waals surface area contributed by atoms with Crippen molar-refractivity contribution in [3.05, 3.63) is 64.8 Å². The lowest BCUT2D eigenvalue weighted by molar-refractivity contribution is -0.274. The lowest BCUT2D eigenvalue weighted by Gasteiger charge is -2.14. The van der Waals surface area contributed by atoms with Gasteiger partial charge in [-0.2, -0.15) is 0 Å². The summed E-state index contributed by atoms with van der Waals surface area (Å²) in [5.74, 6) is -0.115. The first kappa shape index (κ1) is 23.2. The Morgan fingerprint density at radius 1 is 0.938 bits per heavy atom. The summed E-state index contributed by atoms with van der Waals surface area (Å²) in [6.07, 6.45) is -3.36. The first-order valence-electron chi connectivity index (χ1n) is 8.82. The monoisotopic (exact) mass is 513 g/mol. The highest BCUT2D eigenvalue weighted by molar-refractivity contribution is 9.10. The van der Waals surface area contributed by atoms with Gasteiger partial charge in [0.25, 0.3) is 0 Å². The SMILES string of the molecule is COC(=O)c1cccnc1Oc1ccc(Oc2ccc(OC(F)(F)F)cc2OC)cc1Br. The van der Waals surface area contributed by atoms with Gasteiger partial charge in [0, 0.05) is 12.3 Å². The Hall–Kier alpha value is -3.47. The van der Waals surface area contributed by atoms with Crippen LogP contribution in [0.3, 0.4) is 0 Å². The number of pyridine rings is 1. The molecule has 7 nitrogen and oxygen atoms in total. The molecular formula is C21H15BrF3NO6. The lowest BCUT2D eigenvalue weighted by atomic mass is 10.2. The molecule has 0 spiro atoms. The molecule has 168 valence electrons. The Morgan fingerprint density at radius 2 is 1.66 bits per heavy atom. The number of benzene rings is 2. The van der Waals surface area contributed by atoms with Gasteiger partial charge in [-0.05, 0) is 58.4 Å². The van der Waals surface area contributed by atoms with E-state index in [4.69, 9.17) is 18.9 Å². The largest absolute Gasteiger partial charge is 0.573 e. The molecule has 0 fully saturated rings. The van der Waals surface area contributed by atoms with E-state index in [2.05, 4.69) is 25.7 Å². The first-order chi connectivity index (χ1) is 15.2. The maximum absolute atomic E-state index is 12.4. The van der Waals surface area contributed by atoms with Crippen LogP contribution in [0, 0.1) is 0 Å². The van der Waals surface area contributed by atoms with E-state index in [1.807, 2.05) is 0 Å². The van der Waals surface area contributed by atoms with Crippen LogP contribution in [0.1, 0.15) is 10.4 Å². The van der Waals surface area contributed by atoms with Crippen molar-refractivity contribution >= 4 is 21.9 Å². The van der Waals surface area contributed by atoms with E-state index in [1.165, 1.54) is 32.5 Å². The van der Waals surface area contributed by atoms with E-state index >= 15 is 0 Å². The first-order valence-corrected chi connectivity index (χ1v) is 9.62. The van der Waals surface area contributed by atoms with Crippen molar-refractivity contribution in [1.82, 2.24) is 4.98 Å². The van der Waals surface area contributed by atoms with Crippen LogP contribution in [0.15, 0.2) is 59.2 Å². The van der Waals surface area contributed by atoms with Gasteiger partial charge in [0.15, 0.2) is 11.5 Å². The fourth-order valence-electron chi connectivity index (χ4n) is 2.53. The Balaban J connectivity index is 1.80. The molecule has 1 heterocycles. The van der Waals surface area contributed by atoms with E-state index in [-0.39, 0.29) is 22.9 Å². The van der Waals surface area contributed by atoms with E-state index in [1.54, 1.807) is 24.3 Å². The summed E-state index contributed by atoms with van der Waals surface area (Å²) in [5, 5.41) is 0. The van der Waals surface area contributed by atoms with E-state index in [0.29, 0.717) is 16.0 Å². The number of halogens is 4. The molecule has 11 heteroatoms. The summed E-state index contributed by atoms with van der Waals surface area (Å²) in [4.78, 5) is 15.9. The maximum Gasteiger partial charge on any atom is 0.573 e. The van der Waals surface area contributed by atoms with Crippen molar-refractivity contribution in [2.24, 2.45) is 0 Å². The predicted molar refractivity (Wildman–Crippen MR) is 110 cm³/mol. The van der Waals surface area contributed by atoms with Crippen molar-refractivity contribution < 1.29 is 41.7 Å². The number of nitrogens with zero attached hydrogens (tertiary/aromatic N) is 1. The summed E-state index contributed by atoms with van der Waals surface area (Å²) < 4.78 is 62.8. The molecule has 0 aliphatic rings. The fourth-order valence-corrected chi connectivity index (χ4v) is 2.96. The molecular weight excluding hydrogens is 499 g/mol. The Labute approximate surface area is 188 Å². The van der Waals surface area contributed by atoms with Gasteiger partial charge in [0.1, 0.15) is 22.8 Å². The molecule has 0 aliphatic carbocycles. The summed E-state index contributed by atoms with van der Waals surface area (Å²) in [5.41, 5.74) is 0.146. The minimum absolute atomic E-state index is 0.0411. The molecule has 0 saturated carbocycles. The Morgan fingerprint density at radius 3 is 2.31 bits per heavy atom. The molecule has 0 atom stereocenters. The smallest absolute Gasteiger partial charge is 0.493 e. The van der Waals surface area contributed by atoms with Gasteiger partial charge < -0.3 is 23.7 Å². The van der Waals surface area contributed by atoms with Crippen LogP contribution in [0.2, 0.25) is 0 Å². The van der Waals surface area contributed by atoms with Gasteiger partial charge in [-0.25, -0.2) is 9.78 Å². The lowest BCUT2D eigenvalue weighted by Crippen LogP contribution is -2.17. The van der Waals surface area contributed by atoms with E-state index in [0.717, 1.165) is 12.1 Å². The Bertz CT molecular complexity index is 1120. The van der Waals surface area contributed by atoms with Crippen LogP contribution in [-0.2, 0) is 4.74 Å². The molecule has 32 heavy (non-hydrogen) atoms. The highest BCUT2D eigenvalue weighted by Crippen LogP contribution is 2.39. The number of carbonyl (C=O) groups is 1. The summed E-state index contributed by atoms with van der Waals surface area (Å²) in [7, 11) is 2.54. The number of esters is 1. The molecule has 1 aromatic heterocycles. The second-order valence-corrected chi connectivity index (χ2v) is 6.86. The van der Waals surface area contributed by atoms with Crippen molar-refractivity contribution in [2.75, 3.05) is 14.2 Å². The number of hydrogen-bond acceptors (Lipinski definition) is 7. The number of carbonyl (C=O) groups excluding carboxylic acids is 1. The van der Waals surface area contributed by atoms with Crippen molar-refractivity contribution in [3.63, 3.8) is 0 Å². The van der Waals surface area contributed by atoms with Gasteiger partial charge in [-0.3, -0.25) is 0 Å². The van der Waals surface area contributed by atoms with Gasteiger partial charge in [0.2, 0.25) is 5.88 Å². The third kappa shape index (κ3) is 5.82. The van der Waals surface area contributed by atoms with Crippen LogP contribution in [-0.4, -0.2) is 31.5 Å². The average molecular weight is 514 g/mol. The van der Waals surface area contributed by atoms with Gasteiger partial charge in [-0.1, -0.05) is 0 Å². The van der Waals surface area contributed by atoms with Crippen LogP contribution in [0.5, 0.6) is 34.6 Å². The van der Waals surface area contributed by atoms with Crippen LogP contribution in [0.25, 0.3) is 0 Å². The zero-order chi connectivity index (χ0) is 23.3. The highest BCUT2D eigenvalue weighted by Gasteiger charge is 2.31. The molecule has 0 N–H and O–H groups in total. The minimum atomic E-state index is -4.82. The molecule has 2 aromatic carbocycles. The zero-order valence-electron chi connectivity index (χ0n) is 16.6. The van der Waals surface area contributed by atoms with Crippen molar-refractivity contribution in [3.8, 4) is 34.6 Å². The second-order valence-electron chi connectivity index (χ2n) is 6.00. The third-order valence-electron chi connectivity index (χ3n) is 3.88. The number of methoxy groups -OCH3 is 2. The van der Waals surface area contributed by atoms with E-state index < -0.39 is 18.1 Å². The quantitative estimate of drug-likeness (QED) is 0.352. The summed E-state index contributed by atoms with van der Waals surface area (Å²) in [6, 6.07) is 11.2. The average Bonchev–Trinajstić information content (AvgIpc) is 2.75. The molecule has 0 amide bonds. The number of hydrogen-bond donors (Lipinski definition) is 0. The number of aromatic nitrogens is 1. The Kier molecular flexibility index (Phi) is 7.08. The minimum Gasteiger partial charge on any atom is -0.493 e. The highest BCUT2D eigenvalue weighted by atomic mass is 79.9. The van der Waals surface area contributed by atoms with Crippen LogP contribution in [0.4, 0.5) is 13.2 Å². The van der Waals surface area contributed by atoms with Gasteiger partial charge >= 0.3 is 12.3 Å². The summed E-state index contributed by atoms with van der Waals surface area (Å²) >= 11 is 3.35. The third-order valence-corrected chi connectivity index (χ3v) is 4.50. The maximum atomic E-state index is 12.4. The molecule has 0 bridgehead atoms. The fraction of sp³-hybridized carbons (Fsp3) is 0.143. The van der Waals surface area contributed by atoms with Gasteiger partial charge in [0.05, 0.1) is 18.7 Å². The van der Waals surface area contributed by atoms with Gasteiger partial charge in [-0.15, -0.1) is 13.2 Å². The molecule has 0 unspecified atom stereocenters. The number of alkyl halides is 3. The van der Waals surface area contributed by atoms with Crippen LogP contribution >= 0.6 is 15.9 Å². The normalized spacial score (nSPS) is 10.9. The molecule has 3 aromatic rings. The number of ether oxygens (including phenoxy) is 5. The van der Waals surface area contributed by atoms with Crippen molar-refractivity contribution in [1.29, 1.82) is 0 Å². The molecule has 0 aliphatic heterocycles. The molecule has 0 radical (unpaired) electrons. The number of rotatable bonds is 7. The summed E-state index contributed by atoms with van der Waals surface area (Å²) in [6.45, 7) is 0. The molecule has 3 rings (SSSR count). The molecule has 0 saturated heterocycles. The van der Waals surface area contributed by atoms with Crippen molar-refractivity contribution in [2.45, 2.75) is 6.36 Å². The standard InChI is InChI=1S/C21H15BrF3NO6/c1-28-18-11-13(32-21(23,24)25)6-8-17(18)30-12-5-7-16(15(22)10-12)31-19-14(20(27)29-2)4-3-9-26-19/h3-11H,1-2H3. The second kappa shape index (κ2) is 9.77.